The lowest BCUT2D eigenvalue weighted by molar-refractivity contribution is -0.129. The summed E-state index contributed by atoms with van der Waals surface area (Å²) in [7, 11) is 0. The summed E-state index contributed by atoms with van der Waals surface area (Å²) in [6.07, 6.45) is 3.67. The largest absolute Gasteiger partial charge is 0.367 e. The zero-order chi connectivity index (χ0) is 15.5. The van der Waals surface area contributed by atoms with Gasteiger partial charge in [0.2, 0.25) is 0 Å². The van der Waals surface area contributed by atoms with Crippen LogP contribution in [-0.2, 0) is 9.53 Å². The molecule has 2 aliphatic carbocycles. The Hall–Kier alpha value is 0.290. The second kappa shape index (κ2) is 5.40. The van der Waals surface area contributed by atoms with E-state index in [9.17, 15) is 9.90 Å². The van der Waals surface area contributed by atoms with E-state index in [4.69, 9.17) is 4.74 Å². The summed E-state index contributed by atoms with van der Waals surface area (Å²) in [5.41, 5.74) is 0.119. The van der Waals surface area contributed by atoms with Crippen LogP contribution in [0.25, 0.3) is 0 Å². The third kappa shape index (κ3) is 2.22. The van der Waals surface area contributed by atoms with Crippen LogP contribution in [0.3, 0.4) is 0 Å². The van der Waals surface area contributed by atoms with Crippen LogP contribution >= 0.6 is 23.5 Å². The monoisotopic (exact) mass is 342 g/mol. The molecule has 2 saturated heterocycles. The number of aliphatic hydroxyl groups is 1. The fourth-order valence-corrected chi connectivity index (χ4v) is 8.59. The highest BCUT2D eigenvalue weighted by Crippen LogP contribution is 2.69. The number of ether oxygens (including phenoxy) is 1. The number of hydrogen-bond acceptors (Lipinski definition) is 5. The predicted molar refractivity (Wildman–Crippen MR) is 90.8 cm³/mol. The zero-order valence-electron chi connectivity index (χ0n) is 13.4. The molecule has 2 aliphatic heterocycles. The first kappa shape index (κ1) is 15.8. The SMILES string of the molecule is CC1(C)C[C@H]2C[C@H](C(=O)C3SCCCS3)[C@@H]3COC(O)[C@]23C1. The van der Waals surface area contributed by atoms with Gasteiger partial charge in [-0.3, -0.25) is 4.79 Å². The number of thioether (sulfide) groups is 2. The topological polar surface area (TPSA) is 46.5 Å². The number of rotatable bonds is 2. The quantitative estimate of drug-likeness (QED) is 0.835. The number of carbonyl (C=O) groups excluding carboxylic acids is 1. The van der Waals surface area contributed by atoms with Gasteiger partial charge in [-0.05, 0) is 48.5 Å². The Labute approximate surface area is 141 Å². The van der Waals surface area contributed by atoms with Gasteiger partial charge in [-0.1, -0.05) is 13.8 Å². The van der Waals surface area contributed by atoms with E-state index in [1.54, 1.807) is 0 Å². The van der Waals surface area contributed by atoms with Crippen LogP contribution in [0.1, 0.15) is 39.5 Å². The van der Waals surface area contributed by atoms with Gasteiger partial charge in [0, 0.05) is 17.3 Å². The molecule has 1 unspecified atom stereocenters. The fraction of sp³-hybridized carbons (Fsp3) is 0.941. The number of carbonyl (C=O) groups is 1. The lowest BCUT2D eigenvalue weighted by Crippen LogP contribution is -2.38. The lowest BCUT2D eigenvalue weighted by atomic mass is 9.71. The summed E-state index contributed by atoms with van der Waals surface area (Å²) in [5, 5.41) is 10.6. The third-order valence-corrected chi connectivity index (χ3v) is 9.31. The molecule has 5 heteroatoms. The van der Waals surface area contributed by atoms with Crippen molar-refractivity contribution in [1.29, 1.82) is 0 Å². The van der Waals surface area contributed by atoms with Crippen molar-refractivity contribution in [3.63, 3.8) is 0 Å². The summed E-state index contributed by atoms with van der Waals surface area (Å²) in [5.74, 6) is 3.47. The summed E-state index contributed by atoms with van der Waals surface area (Å²) < 4.78 is 5.80. The van der Waals surface area contributed by atoms with Crippen LogP contribution in [0, 0.1) is 28.6 Å². The van der Waals surface area contributed by atoms with Crippen LogP contribution in [0.15, 0.2) is 0 Å². The molecule has 0 aromatic carbocycles. The second-order valence-electron chi connectivity index (χ2n) is 8.32. The molecule has 3 nitrogen and oxygen atoms in total. The van der Waals surface area contributed by atoms with Crippen molar-refractivity contribution in [2.45, 2.75) is 50.4 Å². The van der Waals surface area contributed by atoms with E-state index in [0.717, 1.165) is 30.8 Å². The van der Waals surface area contributed by atoms with Gasteiger partial charge in [0.15, 0.2) is 12.1 Å². The first-order chi connectivity index (χ1) is 10.4. The van der Waals surface area contributed by atoms with E-state index < -0.39 is 6.29 Å². The van der Waals surface area contributed by atoms with Gasteiger partial charge >= 0.3 is 0 Å². The number of ketones is 1. The molecule has 124 valence electrons. The molecular formula is C17H26O3S2. The average Bonchev–Trinajstić information content (AvgIpc) is 3.04. The maximum Gasteiger partial charge on any atom is 0.160 e. The molecule has 0 amide bonds. The molecule has 2 heterocycles. The van der Waals surface area contributed by atoms with Crippen molar-refractivity contribution in [3.8, 4) is 0 Å². The molecule has 0 aromatic heterocycles. The van der Waals surface area contributed by atoms with E-state index in [2.05, 4.69) is 13.8 Å². The summed E-state index contributed by atoms with van der Waals surface area (Å²) in [6, 6.07) is 0. The van der Waals surface area contributed by atoms with E-state index in [1.807, 2.05) is 23.5 Å². The van der Waals surface area contributed by atoms with E-state index in [-0.39, 0.29) is 27.2 Å². The minimum Gasteiger partial charge on any atom is -0.367 e. The maximum atomic E-state index is 13.1. The highest BCUT2D eigenvalue weighted by molar-refractivity contribution is 8.18. The predicted octanol–water partition coefficient (Wildman–Crippen LogP) is 3.16. The first-order valence-electron chi connectivity index (χ1n) is 8.51. The van der Waals surface area contributed by atoms with E-state index in [1.165, 1.54) is 6.42 Å². The Morgan fingerprint density at radius 1 is 1.27 bits per heavy atom. The molecule has 5 atom stereocenters. The molecule has 22 heavy (non-hydrogen) atoms. The summed E-state index contributed by atoms with van der Waals surface area (Å²) in [4.78, 5) is 13.1. The van der Waals surface area contributed by atoms with Crippen molar-refractivity contribution >= 4 is 29.3 Å². The lowest BCUT2D eigenvalue weighted by Gasteiger charge is -2.33. The van der Waals surface area contributed by atoms with Crippen molar-refractivity contribution in [1.82, 2.24) is 0 Å². The van der Waals surface area contributed by atoms with Crippen molar-refractivity contribution in [2.75, 3.05) is 18.1 Å². The maximum absolute atomic E-state index is 13.1. The Morgan fingerprint density at radius 3 is 2.73 bits per heavy atom. The molecule has 0 bridgehead atoms. The van der Waals surface area contributed by atoms with Crippen molar-refractivity contribution in [3.05, 3.63) is 0 Å². The van der Waals surface area contributed by atoms with Gasteiger partial charge in [-0.25, -0.2) is 0 Å². The van der Waals surface area contributed by atoms with Crippen LogP contribution in [0.5, 0.6) is 0 Å². The first-order valence-corrected chi connectivity index (χ1v) is 10.6. The molecule has 2 saturated carbocycles. The van der Waals surface area contributed by atoms with Gasteiger partial charge in [0.05, 0.1) is 6.61 Å². The Bertz CT molecular complexity index is 475. The summed E-state index contributed by atoms with van der Waals surface area (Å²) in [6.45, 7) is 5.17. The van der Waals surface area contributed by atoms with Crippen LogP contribution in [-0.4, -0.2) is 39.9 Å². The van der Waals surface area contributed by atoms with Crippen LogP contribution in [0.2, 0.25) is 0 Å². The zero-order valence-corrected chi connectivity index (χ0v) is 15.0. The number of Topliss-reactive ketones (excluding diaryl/α,β-unsaturated/α-hetero) is 1. The molecule has 1 N–H and O–H groups in total. The highest BCUT2D eigenvalue weighted by atomic mass is 32.2. The Kier molecular flexibility index (Phi) is 3.88. The minimum atomic E-state index is -0.659. The fourth-order valence-electron chi connectivity index (χ4n) is 5.72. The second-order valence-corrected chi connectivity index (χ2v) is 11.0. The molecule has 4 rings (SSSR count). The van der Waals surface area contributed by atoms with Gasteiger partial charge < -0.3 is 9.84 Å². The van der Waals surface area contributed by atoms with Crippen molar-refractivity contribution < 1.29 is 14.6 Å². The molecule has 4 aliphatic rings. The normalized spacial score (nSPS) is 47.4. The van der Waals surface area contributed by atoms with E-state index >= 15 is 0 Å². The van der Waals surface area contributed by atoms with Crippen LogP contribution < -0.4 is 0 Å². The average molecular weight is 343 g/mol. The molecule has 4 fully saturated rings. The minimum absolute atomic E-state index is 0.112. The number of hydrogen-bond donors (Lipinski definition) is 1. The highest BCUT2D eigenvalue weighted by Gasteiger charge is 2.68. The van der Waals surface area contributed by atoms with Gasteiger partial charge in [0.1, 0.15) is 4.58 Å². The van der Waals surface area contributed by atoms with Gasteiger partial charge in [-0.2, -0.15) is 0 Å². The van der Waals surface area contributed by atoms with Gasteiger partial charge in [-0.15, -0.1) is 23.5 Å². The van der Waals surface area contributed by atoms with Crippen LogP contribution in [0.4, 0.5) is 0 Å². The molecule has 1 spiro atoms. The van der Waals surface area contributed by atoms with E-state index in [0.29, 0.717) is 18.3 Å². The Morgan fingerprint density at radius 2 is 2.00 bits per heavy atom. The summed E-state index contributed by atoms with van der Waals surface area (Å²) >= 11 is 3.66. The molecular weight excluding hydrogens is 316 g/mol. The molecule has 0 radical (unpaired) electrons. The smallest absolute Gasteiger partial charge is 0.160 e. The molecule has 0 aromatic rings. The number of aliphatic hydroxyl groups excluding tert-OH is 1. The third-order valence-electron chi connectivity index (χ3n) is 6.38. The Balaban J connectivity index is 1.59. The van der Waals surface area contributed by atoms with Crippen molar-refractivity contribution in [2.24, 2.45) is 28.6 Å². The van der Waals surface area contributed by atoms with Gasteiger partial charge in [0.25, 0.3) is 0 Å². The standard InChI is InChI=1S/C17H26O3S2/c1-16(2)7-10-6-11(13(18)14-21-4-3-5-22-14)12-8-20-15(19)17(10,12)9-16/h10-12,14-15,19H,3-9H2,1-2H3/t10-,11+,12+,15?,17-/m1/s1.